The van der Waals surface area contributed by atoms with Gasteiger partial charge in [-0.25, -0.2) is 9.37 Å². The van der Waals surface area contributed by atoms with Crippen LogP contribution >= 0.6 is 15.9 Å². The molecule has 0 aliphatic rings. The van der Waals surface area contributed by atoms with Crippen molar-refractivity contribution in [2.75, 3.05) is 0 Å². The molecule has 1 aromatic carbocycles. The van der Waals surface area contributed by atoms with Crippen LogP contribution in [0, 0.1) is 11.6 Å². The van der Waals surface area contributed by atoms with Gasteiger partial charge in [0, 0.05) is 10.7 Å². The lowest BCUT2D eigenvalue weighted by Crippen LogP contribution is -2.09. The zero-order chi connectivity index (χ0) is 14.9. The molecule has 0 spiro atoms. The molecule has 0 unspecified atom stereocenters. The molecular weight excluding hydrogens is 351 g/mol. The maximum absolute atomic E-state index is 13.4. The summed E-state index contributed by atoms with van der Waals surface area (Å²) in [7, 11) is 0. The predicted molar refractivity (Wildman–Crippen MR) is 61.2 cm³/mol. The van der Waals surface area contributed by atoms with Crippen molar-refractivity contribution in [2.45, 2.75) is 6.18 Å². The molecule has 9 heteroatoms. The van der Waals surface area contributed by atoms with E-state index in [9.17, 15) is 22.0 Å². The zero-order valence-electron chi connectivity index (χ0n) is 9.38. The minimum Gasteiger partial charge on any atom is -0.421 e. The minimum absolute atomic E-state index is 0.151. The van der Waals surface area contributed by atoms with Gasteiger partial charge in [-0.1, -0.05) is 15.9 Å². The number of hydrogen-bond donors (Lipinski definition) is 0. The first-order valence-corrected chi connectivity index (χ1v) is 5.79. The van der Waals surface area contributed by atoms with Gasteiger partial charge in [-0.15, -0.1) is 0 Å². The molecule has 2 aromatic rings. The molecule has 2 rings (SSSR count). The van der Waals surface area contributed by atoms with E-state index in [1.54, 1.807) is 0 Å². The lowest BCUT2D eigenvalue weighted by molar-refractivity contribution is -0.141. The zero-order valence-corrected chi connectivity index (χ0v) is 11.0. The molecule has 0 N–H and O–H groups in total. The number of benzene rings is 1. The van der Waals surface area contributed by atoms with Gasteiger partial charge in [-0.05, 0) is 18.2 Å². The normalized spacial score (nSPS) is 11.5. The Morgan fingerprint density at radius 1 is 1.15 bits per heavy atom. The molecule has 106 valence electrons. The van der Waals surface area contributed by atoms with Gasteiger partial charge >= 0.3 is 12.2 Å². The minimum atomic E-state index is -4.69. The van der Waals surface area contributed by atoms with E-state index in [4.69, 9.17) is 4.74 Å². The molecule has 0 saturated heterocycles. The quantitative estimate of drug-likeness (QED) is 0.594. The van der Waals surface area contributed by atoms with Crippen molar-refractivity contribution < 1.29 is 26.7 Å². The second-order valence-corrected chi connectivity index (χ2v) is 4.44. The molecule has 0 atom stereocenters. The maximum Gasteiger partial charge on any atom is 0.433 e. The van der Waals surface area contributed by atoms with Crippen molar-refractivity contribution in [3.63, 3.8) is 0 Å². The number of halogens is 6. The standard InChI is InChI=1S/C11H4BrF5N2O/c12-5-3-6(13)9(14)7(4-5)20-10-18-2-1-8(19-10)11(15,16)17/h1-4H. The van der Waals surface area contributed by atoms with Crippen LogP contribution in [0.25, 0.3) is 0 Å². The second kappa shape index (κ2) is 5.31. The monoisotopic (exact) mass is 354 g/mol. The first-order chi connectivity index (χ1) is 9.27. The number of nitrogens with zero attached hydrogens (tertiary/aromatic N) is 2. The summed E-state index contributed by atoms with van der Waals surface area (Å²) in [6.45, 7) is 0. The van der Waals surface area contributed by atoms with Crippen LogP contribution in [-0.2, 0) is 6.18 Å². The van der Waals surface area contributed by atoms with E-state index >= 15 is 0 Å². The van der Waals surface area contributed by atoms with Crippen molar-refractivity contribution in [2.24, 2.45) is 0 Å². The van der Waals surface area contributed by atoms with Gasteiger partial charge in [0.2, 0.25) is 5.82 Å². The first kappa shape index (κ1) is 14.6. The van der Waals surface area contributed by atoms with Crippen LogP contribution in [0.15, 0.2) is 28.9 Å². The van der Waals surface area contributed by atoms with E-state index in [1.807, 2.05) is 0 Å². The third kappa shape index (κ3) is 3.21. The fourth-order valence-electron chi connectivity index (χ4n) is 1.25. The molecule has 20 heavy (non-hydrogen) atoms. The van der Waals surface area contributed by atoms with Crippen molar-refractivity contribution in [1.29, 1.82) is 0 Å². The van der Waals surface area contributed by atoms with E-state index in [-0.39, 0.29) is 4.47 Å². The summed E-state index contributed by atoms with van der Waals surface area (Å²) in [5.74, 6) is -3.20. The third-order valence-electron chi connectivity index (χ3n) is 2.08. The fourth-order valence-corrected chi connectivity index (χ4v) is 1.66. The SMILES string of the molecule is Fc1cc(Br)cc(Oc2nccc(C(F)(F)F)n2)c1F. The smallest absolute Gasteiger partial charge is 0.421 e. The Morgan fingerprint density at radius 2 is 1.85 bits per heavy atom. The van der Waals surface area contributed by atoms with Gasteiger partial charge in [0.15, 0.2) is 17.3 Å². The Bertz CT molecular complexity index is 647. The third-order valence-corrected chi connectivity index (χ3v) is 2.54. The van der Waals surface area contributed by atoms with Gasteiger partial charge < -0.3 is 4.74 Å². The summed E-state index contributed by atoms with van der Waals surface area (Å²) in [5, 5.41) is 0. The van der Waals surface area contributed by atoms with Crippen molar-refractivity contribution in [1.82, 2.24) is 9.97 Å². The van der Waals surface area contributed by atoms with Crippen LogP contribution in [0.4, 0.5) is 22.0 Å². The van der Waals surface area contributed by atoms with Crippen LogP contribution in [0.5, 0.6) is 11.8 Å². The first-order valence-electron chi connectivity index (χ1n) is 5.00. The highest BCUT2D eigenvalue weighted by Gasteiger charge is 2.33. The average Bonchev–Trinajstić information content (AvgIpc) is 2.35. The Labute approximate surface area is 117 Å². The molecule has 0 radical (unpaired) electrons. The molecule has 0 bridgehead atoms. The Hall–Kier alpha value is -1.77. The van der Waals surface area contributed by atoms with Crippen LogP contribution in [0.1, 0.15) is 5.69 Å². The van der Waals surface area contributed by atoms with E-state index in [0.29, 0.717) is 6.07 Å². The number of rotatable bonds is 2. The highest BCUT2D eigenvalue weighted by molar-refractivity contribution is 9.10. The lowest BCUT2D eigenvalue weighted by atomic mass is 10.3. The summed E-state index contributed by atoms with van der Waals surface area (Å²) in [5.41, 5.74) is -1.25. The van der Waals surface area contributed by atoms with Crippen LogP contribution in [0.2, 0.25) is 0 Å². The van der Waals surface area contributed by atoms with Gasteiger partial charge in [-0.3, -0.25) is 0 Å². The number of hydrogen-bond acceptors (Lipinski definition) is 3. The van der Waals surface area contributed by atoms with Crippen LogP contribution in [0.3, 0.4) is 0 Å². The lowest BCUT2D eigenvalue weighted by Gasteiger charge is -2.09. The Balaban J connectivity index is 2.36. The van der Waals surface area contributed by atoms with Gasteiger partial charge in [0.05, 0.1) is 0 Å². The average molecular weight is 355 g/mol. The van der Waals surface area contributed by atoms with Gasteiger partial charge in [0.25, 0.3) is 0 Å². The van der Waals surface area contributed by atoms with Crippen molar-refractivity contribution in [3.05, 3.63) is 46.2 Å². The fraction of sp³-hybridized carbons (Fsp3) is 0.0909. The molecule has 3 nitrogen and oxygen atoms in total. The van der Waals surface area contributed by atoms with Crippen LogP contribution in [-0.4, -0.2) is 9.97 Å². The Kier molecular flexibility index (Phi) is 3.89. The molecular formula is C11H4BrF5N2O. The summed E-state index contributed by atoms with van der Waals surface area (Å²) in [4.78, 5) is 6.49. The van der Waals surface area contributed by atoms with E-state index in [1.165, 1.54) is 0 Å². The molecule has 0 amide bonds. The van der Waals surface area contributed by atoms with Crippen LogP contribution < -0.4 is 4.74 Å². The highest BCUT2D eigenvalue weighted by Crippen LogP contribution is 2.31. The number of aromatic nitrogens is 2. The summed E-state index contributed by atoms with van der Waals surface area (Å²) < 4.78 is 68.7. The molecule has 0 aliphatic heterocycles. The van der Waals surface area contributed by atoms with Crippen molar-refractivity contribution >= 4 is 15.9 Å². The molecule has 0 fully saturated rings. The van der Waals surface area contributed by atoms with E-state index in [2.05, 4.69) is 25.9 Å². The molecule has 0 aliphatic carbocycles. The van der Waals surface area contributed by atoms with E-state index in [0.717, 1.165) is 18.3 Å². The number of alkyl halides is 3. The highest BCUT2D eigenvalue weighted by atomic mass is 79.9. The predicted octanol–water partition coefficient (Wildman–Crippen LogP) is 4.33. The largest absolute Gasteiger partial charge is 0.433 e. The topological polar surface area (TPSA) is 35.0 Å². The second-order valence-electron chi connectivity index (χ2n) is 3.52. The van der Waals surface area contributed by atoms with Gasteiger partial charge in [-0.2, -0.15) is 22.5 Å². The number of ether oxygens (including phenoxy) is 1. The van der Waals surface area contributed by atoms with E-state index < -0.39 is 35.3 Å². The van der Waals surface area contributed by atoms with Crippen molar-refractivity contribution in [3.8, 4) is 11.8 Å². The molecule has 1 aromatic heterocycles. The van der Waals surface area contributed by atoms with Gasteiger partial charge in [0.1, 0.15) is 0 Å². The summed E-state index contributed by atoms with van der Waals surface area (Å²) in [6.07, 6.45) is -3.89. The molecule has 1 heterocycles. The molecule has 0 saturated carbocycles. The summed E-state index contributed by atoms with van der Waals surface area (Å²) >= 11 is 2.90. The summed E-state index contributed by atoms with van der Waals surface area (Å²) in [6, 6.07) is 1.78. The Morgan fingerprint density at radius 3 is 2.50 bits per heavy atom. The maximum atomic E-state index is 13.4.